The average Bonchev–Trinajstić information content (AvgIpc) is 3.27. The molecule has 2 aliphatic heterocycles. The number of amides is 2. The Kier molecular flexibility index (Phi) is 6.11. The Labute approximate surface area is 186 Å². The lowest BCUT2D eigenvalue weighted by Gasteiger charge is -2.27. The topological polar surface area (TPSA) is 77.1 Å². The predicted octanol–water partition coefficient (Wildman–Crippen LogP) is 4.66. The lowest BCUT2D eigenvalue weighted by Crippen LogP contribution is -2.28. The maximum absolute atomic E-state index is 13.4. The van der Waals surface area contributed by atoms with Crippen molar-refractivity contribution in [2.24, 2.45) is 5.92 Å². The third-order valence-electron chi connectivity index (χ3n) is 5.38. The number of nitrogens with zero attached hydrogens (tertiary/aromatic N) is 1. The Morgan fingerprint density at radius 1 is 1.25 bits per heavy atom. The van der Waals surface area contributed by atoms with Gasteiger partial charge in [-0.05, 0) is 52.3 Å². The highest BCUT2D eigenvalue weighted by Gasteiger charge is 2.40. The molecule has 2 amide bonds. The van der Waals surface area contributed by atoms with E-state index in [1.54, 1.807) is 30.3 Å². The zero-order valence-electron chi connectivity index (χ0n) is 17.8. The van der Waals surface area contributed by atoms with Crippen molar-refractivity contribution < 1.29 is 32.3 Å². The molecule has 0 saturated carbocycles. The number of nitrogens with one attached hydrogen (secondary N) is 1. The summed E-state index contributed by atoms with van der Waals surface area (Å²) in [4.78, 5) is 32.6. The summed E-state index contributed by atoms with van der Waals surface area (Å²) in [7, 11) is -1.85. The number of carbonyl (C=O) groups excluding carboxylic acids is 2. The first-order chi connectivity index (χ1) is 15.2. The predicted molar refractivity (Wildman–Crippen MR) is 117 cm³/mol. The van der Waals surface area contributed by atoms with Gasteiger partial charge in [0.05, 0.1) is 23.9 Å². The van der Waals surface area contributed by atoms with Crippen LogP contribution in [0.4, 0.5) is 20.2 Å². The second-order valence-electron chi connectivity index (χ2n) is 8.08. The minimum absolute atomic E-state index is 0.0363. The third-order valence-corrected chi connectivity index (χ3v) is 7.34. The average molecular weight is 467 g/mol. The SMILES string of the molecule is CC(C)C1C(=O)N(c2cccc(OC(F)F)c2)c2ccc(C(=O)NS3(C)CCOO3)cc21. The van der Waals surface area contributed by atoms with Crippen LogP contribution in [0.5, 0.6) is 5.75 Å². The van der Waals surface area contributed by atoms with Gasteiger partial charge in [0, 0.05) is 23.6 Å². The van der Waals surface area contributed by atoms with Crippen LogP contribution in [0.1, 0.15) is 35.7 Å². The molecule has 1 saturated heterocycles. The number of carbonyl (C=O) groups is 2. The van der Waals surface area contributed by atoms with E-state index < -0.39 is 23.0 Å². The monoisotopic (exact) mass is 466 g/mol. The van der Waals surface area contributed by atoms with Crippen LogP contribution in [0.3, 0.4) is 0 Å². The van der Waals surface area contributed by atoms with Gasteiger partial charge in [-0.25, -0.2) is 4.89 Å². The van der Waals surface area contributed by atoms with Gasteiger partial charge in [-0.15, -0.1) is 0 Å². The fourth-order valence-electron chi connectivity index (χ4n) is 3.94. The van der Waals surface area contributed by atoms with E-state index in [-0.39, 0.29) is 23.5 Å². The van der Waals surface area contributed by atoms with Crippen molar-refractivity contribution in [2.75, 3.05) is 23.5 Å². The first kappa shape index (κ1) is 22.5. The molecule has 0 spiro atoms. The lowest BCUT2D eigenvalue weighted by molar-refractivity contribution is -0.173. The molecule has 0 aliphatic carbocycles. The van der Waals surface area contributed by atoms with Crippen LogP contribution >= 0.6 is 10.5 Å². The Morgan fingerprint density at radius 3 is 2.69 bits per heavy atom. The Hall–Kier alpha value is -2.69. The minimum atomic E-state index is -2.96. The van der Waals surface area contributed by atoms with E-state index >= 15 is 0 Å². The van der Waals surface area contributed by atoms with E-state index in [9.17, 15) is 18.4 Å². The van der Waals surface area contributed by atoms with Crippen LogP contribution in [0, 0.1) is 5.92 Å². The van der Waals surface area contributed by atoms with Crippen molar-refractivity contribution in [3.05, 3.63) is 53.6 Å². The summed E-state index contributed by atoms with van der Waals surface area (Å²) in [5.74, 6) is -0.456. The van der Waals surface area contributed by atoms with Crippen molar-refractivity contribution in [3.8, 4) is 5.75 Å². The highest BCUT2D eigenvalue weighted by Crippen LogP contribution is 2.47. The normalized spacial score (nSPS) is 24.5. The summed E-state index contributed by atoms with van der Waals surface area (Å²) >= 11 is 0. The molecule has 0 bridgehead atoms. The number of alkyl halides is 2. The molecule has 2 heterocycles. The smallest absolute Gasteiger partial charge is 0.387 e. The maximum Gasteiger partial charge on any atom is 0.387 e. The molecule has 4 rings (SSSR count). The summed E-state index contributed by atoms with van der Waals surface area (Å²) in [5, 5.41) is 0. The molecule has 7 nitrogen and oxygen atoms in total. The zero-order chi connectivity index (χ0) is 23.0. The number of rotatable bonds is 6. The number of anilines is 2. The molecule has 172 valence electrons. The highest BCUT2D eigenvalue weighted by atomic mass is 32.3. The van der Waals surface area contributed by atoms with Gasteiger partial charge in [-0.2, -0.15) is 13.1 Å². The maximum atomic E-state index is 13.4. The quantitative estimate of drug-likeness (QED) is 0.627. The second-order valence-corrected chi connectivity index (χ2v) is 10.8. The third kappa shape index (κ3) is 4.30. The summed E-state index contributed by atoms with van der Waals surface area (Å²) in [6.45, 7) is 1.31. The highest BCUT2D eigenvalue weighted by molar-refractivity contribution is 8.28. The van der Waals surface area contributed by atoms with Gasteiger partial charge >= 0.3 is 6.61 Å². The fraction of sp³-hybridized carbons (Fsp3) is 0.364. The van der Waals surface area contributed by atoms with E-state index in [0.29, 0.717) is 34.9 Å². The molecule has 10 heteroatoms. The Balaban J connectivity index is 1.69. The van der Waals surface area contributed by atoms with E-state index in [1.807, 2.05) is 20.1 Å². The molecular formula is C22H24F2N2O5S. The minimum Gasteiger partial charge on any atom is -0.435 e. The molecule has 2 aromatic rings. The second kappa shape index (κ2) is 8.68. The number of ether oxygens (including phenoxy) is 1. The number of hydrogen-bond acceptors (Lipinski definition) is 5. The van der Waals surface area contributed by atoms with Gasteiger partial charge in [0.2, 0.25) is 5.91 Å². The van der Waals surface area contributed by atoms with E-state index in [0.717, 1.165) is 0 Å². The van der Waals surface area contributed by atoms with Crippen molar-refractivity contribution in [2.45, 2.75) is 26.4 Å². The van der Waals surface area contributed by atoms with E-state index in [4.69, 9.17) is 9.22 Å². The van der Waals surface area contributed by atoms with Gasteiger partial charge in [0.15, 0.2) is 0 Å². The molecule has 2 atom stereocenters. The van der Waals surface area contributed by atoms with Gasteiger partial charge in [-0.3, -0.25) is 19.2 Å². The number of hydrogen-bond donors (Lipinski definition) is 1. The number of halogens is 2. The fourth-order valence-corrected chi connectivity index (χ4v) is 5.32. The zero-order valence-corrected chi connectivity index (χ0v) is 18.7. The van der Waals surface area contributed by atoms with Gasteiger partial charge in [0.1, 0.15) is 5.75 Å². The molecule has 2 aliphatic rings. The van der Waals surface area contributed by atoms with Crippen LogP contribution in [0.25, 0.3) is 0 Å². The molecule has 1 fully saturated rings. The summed E-state index contributed by atoms with van der Waals surface area (Å²) in [6, 6.07) is 11.1. The van der Waals surface area contributed by atoms with Gasteiger partial charge in [0.25, 0.3) is 5.91 Å². The lowest BCUT2D eigenvalue weighted by atomic mass is 9.89. The summed E-state index contributed by atoms with van der Waals surface area (Å²) in [5.41, 5.74) is 2.14. The van der Waals surface area contributed by atoms with Crippen molar-refractivity contribution in [1.82, 2.24) is 4.72 Å². The van der Waals surface area contributed by atoms with E-state index in [2.05, 4.69) is 9.46 Å². The molecule has 0 radical (unpaired) electrons. The summed E-state index contributed by atoms with van der Waals surface area (Å²) in [6.07, 6.45) is 1.81. The molecule has 1 N–H and O–H groups in total. The Bertz CT molecular complexity index is 1040. The summed E-state index contributed by atoms with van der Waals surface area (Å²) < 4.78 is 37.9. The van der Waals surface area contributed by atoms with Gasteiger partial charge < -0.3 is 4.74 Å². The van der Waals surface area contributed by atoms with Crippen LogP contribution in [0.15, 0.2) is 42.5 Å². The first-order valence-electron chi connectivity index (χ1n) is 10.1. The number of fused-ring (bicyclic) bond motifs is 1. The van der Waals surface area contributed by atoms with Crippen LogP contribution in [-0.4, -0.2) is 37.0 Å². The van der Waals surface area contributed by atoms with Crippen molar-refractivity contribution in [1.29, 1.82) is 0 Å². The van der Waals surface area contributed by atoms with Crippen molar-refractivity contribution >= 4 is 33.7 Å². The molecule has 2 unspecified atom stereocenters. The van der Waals surface area contributed by atoms with Crippen LogP contribution in [-0.2, 0) is 14.0 Å². The van der Waals surface area contributed by atoms with Gasteiger partial charge in [-0.1, -0.05) is 19.9 Å². The standard InChI is InChI=1S/C22H24F2N2O5S/c1-13(2)19-17-11-14(20(27)25-32(3)10-9-29-31-32)7-8-18(17)26(21(19)28)15-5-4-6-16(12-15)30-22(23)24/h4-8,11-13,19,22H,9-10H2,1-3H3,(H,25,27). The molecular weight excluding hydrogens is 442 g/mol. The molecule has 2 aromatic carbocycles. The van der Waals surface area contributed by atoms with Crippen LogP contribution in [0.2, 0.25) is 0 Å². The van der Waals surface area contributed by atoms with E-state index in [1.165, 1.54) is 17.0 Å². The molecule has 32 heavy (non-hydrogen) atoms. The Morgan fingerprint density at radius 2 is 2.03 bits per heavy atom. The molecule has 0 aromatic heterocycles. The van der Waals surface area contributed by atoms with Crippen LogP contribution < -0.4 is 14.4 Å². The number of benzene rings is 2. The van der Waals surface area contributed by atoms with Crippen molar-refractivity contribution in [3.63, 3.8) is 0 Å². The largest absolute Gasteiger partial charge is 0.435 e. The first-order valence-corrected chi connectivity index (χ1v) is 12.2.